The quantitative estimate of drug-likeness (QED) is 0.641. The summed E-state index contributed by atoms with van der Waals surface area (Å²) in [6.45, 7) is -0.635. The number of rotatable bonds is 2. The number of methoxy groups -OCH3 is 1. The van der Waals surface area contributed by atoms with Crippen LogP contribution in [0, 0.1) is 5.82 Å². The Balaban J connectivity index is 3.06. The summed E-state index contributed by atoms with van der Waals surface area (Å²) in [6, 6.07) is 3.74. The van der Waals surface area contributed by atoms with Gasteiger partial charge in [0, 0.05) is 11.6 Å². The summed E-state index contributed by atoms with van der Waals surface area (Å²) in [6.07, 6.45) is 0. The maximum absolute atomic E-state index is 12.5. The van der Waals surface area contributed by atoms with Crippen LogP contribution in [0.25, 0.3) is 0 Å². The molecule has 0 fully saturated rings. The summed E-state index contributed by atoms with van der Waals surface area (Å²) in [5.74, 6) is -0.161. The second-order valence-electron chi connectivity index (χ2n) is 2.09. The van der Waals surface area contributed by atoms with E-state index in [1.165, 1.54) is 19.2 Å². The zero-order valence-corrected chi connectivity index (χ0v) is 6.10. The Kier molecular flexibility index (Phi) is 2.41. The molecule has 0 saturated heterocycles. The molecule has 0 aliphatic carbocycles. The number of hydrogen-bond donors (Lipinski definition) is 0. The second-order valence-corrected chi connectivity index (χ2v) is 2.09. The van der Waals surface area contributed by atoms with Crippen molar-refractivity contribution in [2.45, 2.75) is 6.67 Å². The Labute approximate surface area is 63.6 Å². The zero-order chi connectivity index (χ0) is 8.27. The van der Waals surface area contributed by atoms with Gasteiger partial charge in [-0.3, -0.25) is 0 Å². The SMILES string of the molecule is COc1cc(F)ccc1CF. The van der Waals surface area contributed by atoms with Crippen molar-refractivity contribution in [1.82, 2.24) is 0 Å². The molecule has 0 aliphatic heterocycles. The number of ether oxygens (including phenoxy) is 1. The summed E-state index contributed by atoms with van der Waals surface area (Å²) in [4.78, 5) is 0. The highest BCUT2D eigenvalue weighted by Gasteiger charge is 2.02. The molecular weight excluding hydrogens is 150 g/mol. The van der Waals surface area contributed by atoms with E-state index >= 15 is 0 Å². The fourth-order valence-corrected chi connectivity index (χ4v) is 0.829. The Bertz CT molecular complexity index is 248. The largest absolute Gasteiger partial charge is 0.496 e. The van der Waals surface area contributed by atoms with E-state index < -0.39 is 12.5 Å². The molecule has 3 heteroatoms. The summed E-state index contributed by atoms with van der Waals surface area (Å²) >= 11 is 0. The van der Waals surface area contributed by atoms with Gasteiger partial charge >= 0.3 is 0 Å². The van der Waals surface area contributed by atoms with Gasteiger partial charge in [-0.15, -0.1) is 0 Å². The van der Waals surface area contributed by atoms with Crippen molar-refractivity contribution >= 4 is 0 Å². The Morgan fingerprint density at radius 3 is 2.73 bits per heavy atom. The molecule has 0 bridgehead atoms. The maximum atomic E-state index is 12.5. The van der Waals surface area contributed by atoms with Crippen LogP contribution in [-0.2, 0) is 6.67 Å². The lowest BCUT2D eigenvalue weighted by Gasteiger charge is -2.03. The lowest BCUT2D eigenvalue weighted by atomic mass is 10.2. The van der Waals surface area contributed by atoms with Gasteiger partial charge in [0.15, 0.2) is 0 Å². The molecule has 1 nitrogen and oxygen atoms in total. The highest BCUT2D eigenvalue weighted by molar-refractivity contribution is 5.33. The lowest BCUT2D eigenvalue weighted by Crippen LogP contribution is -1.90. The summed E-state index contributed by atoms with van der Waals surface area (Å²) in [5, 5.41) is 0. The molecule has 0 saturated carbocycles. The molecule has 1 aromatic carbocycles. The first-order valence-electron chi connectivity index (χ1n) is 3.16. The smallest absolute Gasteiger partial charge is 0.127 e. The van der Waals surface area contributed by atoms with E-state index in [0.29, 0.717) is 5.56 Å². The van der Waals surface area contributed by atoms with E-state index in [0.717, 1.165) is 6.07 Å². The highest BCUT2D eigenvalue weighted by atomic mass is 19.1. The number of hydrogen-bond acceptors (Lipinski definition) is 1. The molecule has 11 heavy (non-hydrogen) atoms. The molecule has 0 unspecified atom stereocenters. The fraction of sp³-hybridized carbons (Fsp3) is 0.250. The van der Waals surface area contributed by atoms with Crippen molar-refractivity contribution in [3.05, 3.63) is 29.6 Å². The summed E-state index contributed by atoms with van der Waals surface area (Å²) in [5.41, 5.74) is 0.369. The molecule has 0 N–H and O–H groups in total. The van der Waals surface area contributed by atoms with E-state index in [4.69, 9.17) is 4.74 Å². The monoisotopic (exact) mass is 158 g/mol. The number of benzene rings is 1. The van der Waals surface area contributed by atoms with Crippen molar-refractivity contribution in [3.8, 4) is 5.75 Å². The standard InChI is InChI=1S/C8H8F2O/c1-11-8-4-7(10)3-2-6(8)5-9/h2-4H,5H2,1H3. The summed E-state index contributed by atoms with van der Waals surface area (Å²) < 4.78 is 29.3. The van der Waals surface area contributed by atoms with Crippen LogP contribution in [0.3, 0.4) is 0 Å². The van der Waals surface area contributed by atoms with Crippen LogP contribution in [0.2, 0.25) is 0 Å². The van der Waals surface area contributed by atoms with Crippen molar-refractivity contribution in [1.29, 1.82) is 0 Å². The first-order valence-corrected chi connectivity index (χ1v) is 3.16. The minimum Gasteiger partial charge on any atom is -0.496 e. The number of halogens is 2. The first kappa shape index (κ1) is 7.98. The van der Waals surface area contributed by atoms with Crippen LogP contribution in [0.1, 0.15) is 5.56 Å². The minimum atomic E-state index is -0.635. The molecule has 0 heterocycles. The molecule has 0 radical (unpaired) electrons. The van der Waals surface area contributed by atoms with Crippen LogP contribution in [0.15, 0.2) is 18.2 Å². The summed E-state index contributed by atoms with van der Waals surface area (Å²) in [7, 11) is 1.38. The van der Waals surface area contributed by atoms with Crippen LogP contribution in [-0.4, -0.2) is 7.11 Å². The molecular formula is C8H8F2O. The van der Waals surface area contributed by atoms with Crippen molar-refractivity contribution in [3.63, 3.8) is 0 Å². The van der Waals surface area contributed by atoms with E-state index in [1.807, 2.05) is 0 Å². The lowest BCUT2D eigenvalue weighted by molar-refractivity contribution is 0.391. The van der Waals surface area contributed by atoms with Gasteiger partial charge in [-0.25, -0.2) is 8.78 Å². The molecule has 1 aromatic rings. The van der Waals surface area contributed by atoms with Crippen molar-refractivity contribution in [2.24, 2.45) is 0 Å². The normalized spacial score (nSPS) is 9.73. The zero-order valence-electron chi connectivity index (χ0n) is 6.10. The van der Waals surface area contributed by atoms with Crippen LogP contribution < -0.4 is 4.74 Å². The van der Waals surface area contributed by atoms with E-state index in [2.05, 4.69) is 0 Å². The van der Waals surface area contributed by atoms with Gasteiger partial charge in [-0.2, -0.15) is 0 Å². The highest BCUT2D eigenvalue weighted by Crippen LogP contribution is 2.19. The van der Waals surface area contributed by atoms with Gasteiger partial charge in [-0.1, -0.05) is 0 Å². The van der Waals surface area contributed by atoms with Gasteiger partial charge in [0.1, 0.15) is 18.2 Å². The predicted molar refractivity (Wildman–Crippen MR) is 37.8 cm³/mol. The van der Waals surface area contributed by atoms with Crippen LogP contribution >= 0.6 is 0 Å². The Morgan fingerprint density at radius 1 is 1.45 bits per heavy atom. The van der Waals surface area contributed by atoms with Gasteiger partial charge in [0.25, 0.3) is 0 Å². The van der Waals surface area contributed by atoms with Gasteiger partial charge < -0.3 is 4.74 Å². The van der Waals surface area contributed by atoms with E-state index in [9.17, 15) is 8.78 Å². The first-order chi connectivity index (χ1) is 5.27. The predicted octanol–water partition coefficient (Wildman–Crippen LogP) is 2.30. The van der Waals surface area contributed by atoms with E-state index in [-0.39, 0.29) is 5.75 Å². The maximum Gasteiger partial charge on any atom is 0.127 e. The van der Waals surface area contributed by atoms with Crippen LogP contribution in [0.4, 0.5) is 8.78 Å². The molecule has 0 aromatic heterocycles. The Morgan fingerprint density at radius 2 is 2.18 bits per heavy atom. The third-order valence-electron chi connectivity index (χ3n) is 1.39. The third-order valence-corrected chi connectivity index (χ3v) is 1.39. The second kappa shape index (κ2) is 3.32. The van der Waals surface area contributed by atoms with Gasteiger partial charge in [0.2, 0.25) is 0 Å². The minimum absolute atomic E-state index is 0.257. The molecule has 0 amide bonds. The molecule has 1 rings (SSSR count). The third kappa shape index (κ3) is 1.67. The molecule has 60 valence electrons. The topological polar surface area (TPSA) is 9.23 Å². The molecule has 0 spiro atoms. The average molecular weight is 158 g/mol. The van der Waals surface area contributed by atoms with Gasteiger partial charge in [0.05, 0.1) is 7.11 Å². The number of alkyl halides is 1. The average Bonchev–Trinajstić information content (AvgIpc) is 2.04. The fourth-order valence-electron chi connectivity index (χ4n) is 0.829. The van der Waals surface area contributed by atoms with E-state index in [1.54, 1.807) is 0 Å². The molecule has 0 aliphatic rings. The van der Waals surface area contributed by atoms with Crippen molar-refractivity contribution in [2.75, 3.05) is 7.11 Å². The van der Waals surface area contributed by atoms with Gasteiger partial charge in [-0.05, 0) is 12.1 Å². The van der Waals surface area contributed by atoms with Crippen LogP contribution in [0.5, 0.6) is 5.75 Å². The Hall–Kier alpha value is -1.12. The molecule has 0 atom stereocenters. The van der Waals surface area contributed by atoms with Crippen molar-refractivity contribution < 1.29 is 13.5 Å².